The summed E-state index contributed by atoms with van der Waals surface area (Å²) in [5, 5.41) is 16.5. The maximum atomic E-state index is 14.9. The van der Waals surface area contributed by atoms with Gasteiger partial charge >= 0.3 is 6.03 Å². The van der Waals surface area contributed by atoms with Crippen molar-refractivity contribution in [2.45, 2.75) is 26.2 Å². The van der Waals surface area contributed by atoms with E-state index >= 15 is 0 Å². The van der Waals surface area contributed by atoms with Crippen LogP contribution in [0.1, 0.15) is 26.5 Å². The van der Waals surface area contributed by atoms with Crippen LogP contribution in [0.3, 0.4) is 0 Å². The normalized spacial score (nSPS) is 11.4. The number of benzene rings is 2. The topological polar surface area (TPSA) is 131 Å². The van der Waals surface area contributed by atoms with Gasteiger partial charge in [-0.15, -0.1) is 0 Å². The first kappa shape index (κ1) is 23.0. The molecule has 0 spiro atoms. The lowest BCUT2D eigenvalue weighted by Gasteiger charge is -2.13. The number of carbonyl (C=O) groups excluding carboxylic acids is 1. The lowest BCUT2D eigenvalue weighted by molar-refractivity contribution is 0.262. The average molecular weight is 487 g/mol. The third kappa shape index (κ3) is 4.71. The molecule has 5 rings (SSSR count). The van der Waals surface area contributed by atoms with Crippen molar-refractivity contribution in [2.24, 2.45) is 0 Å². The summed E-state index contributed by atoms with van der Waals surface area (Å²) in [5.41, 5.74) is 1.81. The van der Waals surface area contributed by atoms with Crippen LogP contribution in [0.15, 0.2) is 65.6 Å². The van der Waals surface area contributed by atoms with Crippen molar-refractivity contribution in [3.63, 3.8) is 0 Å². The zero-order valence-corrected chi connectivity index (χ0v) is 19.7. The lowest BCUT2D eigenvalue weighted by Crippen LogP contribution is -2.19. The maximum absolute atomic E-state index is 14.9. The number of amides is 2. The Morgan fingerprint density at radius 3 is 2.67 bits per heavy atom. The van der Waals surface area contributed by atoms with Crippen molar-refractivity contribution in [1.29, 1.82) is 0 Å². The van der Waals surface area contributed by atoms with Gasteiger partial charge < -0.3 is 14.6 Å². The summed E-state index contributed by atoms with van der Waals surface area (Å²) in [6.07, 6.45) is 3.04. The van der Waals surface area contributed by atoms with E-state index in [1.807, 2.05) is 32.9 Å². The third-order valence-electron chi connectivity index (χ3n) is 5.29. The highest BCUT2D eigenvalue weighted by Crippen LogP contribution is 2.36. The molecule has 5 aromatic rings. The van der Waals surface area contributed by atoms with E-state index in [4.69, 9.17) is 9.26 Å². The van der Waals surface area contributed by atoms with Crippen LogP contribution in [-0.2, 0) is 5.41 Å². The van der Waals surface area contributed by atoms with Crippen LogP contribution in [0, 0.1) is 5.82 Å². The molecule has 0 unspecified atom stereocenters. The highest BCUT2D eigenvalue weighted by Gasteiger charge is 2.20. The molecule has 3 heterocycles. The van der Waals surface area contributed by atoms with Gasteiger partial charge in [-0.1, -0.05) is 38.1 Å². The van der Waals surface area contributed by atoms with Crippen molar-refractivity contribution in [3.05, 3.63) is 72.6 Å². The second-order valence-corrected chi connectivity index (χ2v) is 9.00. The molecule has 0 radical (unpaired) electrons. The number of halogens is 1. The van der Waals surface area contributed by atoms with E-state index in [0.717, 1.165) is 0 Å². The van der Waals surface area contributed by atoms with Gasteiger partial charge in [0.15, 0.2) is 23.0 Å². The number of hydrogen-bond acceptors (Lipinski definition) is 7. The summed E-state index contributed by atoms with van der Waals surface area (Å²) in [6, 6.07) is 12.3. The maximum Gasteiger partial charge on any atom is 0.324 e. The number of urea groups is 1. The van der Waals surface area contributed by atoms with Crippen molar-refractivity contribution in [1.82, 2.24) is 25.3 Å². The van der Waals surface area contributed by atoms with Gasteiger partial charge in [0.2, 0.25) is 0 Å². The molecule has 11 heteroatoms. The SMILES string of the molecule is CC(C)(C)c1cc(NC(=O)Nc2ccc(Oc3ccccc3-c3ncnc4[nH]ncc34)c(F)c2)no1. The molecule has 0 saturated carbocycles. The number of anilines is 2. The van der Waals surface area contributed by atoms with E-state index in [2.05, 4.69) is 36.0 Å². The predicted octanol–water partition coefficient (Wildman–Crippen LogP) is 5.88. The third-order valence-corrected chi connectivity index (χ3v) is 5.29. The van der Waals surface area contributed by atoms with E-state index in [1.165, 1.54) is 24.5 Å². The summed E-state index contributed by atoms with van der Waals surface area (Å²) < 4.78 is 26.1. The van der Waals surface area contributed by atoms with E-state index in [1.54, 1.807) is 24.4 Å². The van der Waals surface area contributed by atoms with Gasteiger partial charge in [-0.25, -0.2) is 19.2 Å². The van der Waals surface area contributed by atoms with Crippen molar-refractivity contribution in [3.8, 4) is 22.8 Å². The van der Waals surface area contributed by atoms with E-state index in [0.29, 0.717) is 33.8 Å². The number of fused-ring (bicyclic) bond motifs is 1. The number of nitrogens with zero attached hydrogens (tertiary/aromatic N) is 4. The Morgan fingerprint density at radius 2 is 1.89 bits per heavy atom. The molecule has 2 amide bonds. The second-order valence-electron chi connectivity index (χ2n) is 9.00. The smallest absolute Gasteiger partial charge is 0.324 e. The van der Waals surface area contributed by atoms with Gasteiger partial charge in [-0.2, -0.15) is 5.10 Å². The molecule has 0 aliphatic carbocycles. The Balaban J connectivity index is 1.32. The zero-order valence-electron chi connectivity index (χ0n) is 19.7. The number of para-hydroxylation sites is 1. The second kappa shape index (κ2) is 9.10. The standard InChI is InChI=1S/C25H22FN7O3/c1-25(2,3)20-11-21(33-36-20)31-24(34)30-14-8-9-19(17(26)10-14)35-18-7-5-4-6-15(18)22-16-12-29-32-23(16)28-13-27-22/h4-13H,1-3H3,(H,27,28,29,32)(H2,30,31,33,34). The Morgan fingerprint density at radius 1 is 1.06 bits per heavy atom. The Labute approximate surface area is 204 Å². The number of aromatic amines is 1. The van der Waals surface area contributed by atoms with E-state index in [-0.39, 0.29) is 22.7 Å². The first-order chi connectivity index (χ1) is 17.3. The molecule has 2 aromatic carbocycles. The number of aromatic nitrogens is 5. The van der Waals surface area contributed by atoms with Gasteiger partial charge in [0, 0.05) is 28.8 Å². The van der Waals surface area contributed by atoms with Gasteiger partial charge in [0.1, 0.15) is 17.8 Å². The summed E-state index contributed by atoms with van der Waals surface area (Å²) in [4.78, 5) is 20.8. The number of hydrogen-bond donors (Lipinski definition) is 3. The minimum absolute atomic E-state index is 0.0165. The fourth-order valence-electron chi connectivity index (χ4n) is 3.48. The molecule has 0 fully saturated rings. The van der Waals surface area contributed by atoms with Crippen LogP contribution in [0.25, 0.3) is 22.3 Å². The quantitative estimate of drug-likeness (QED) is 0.282. The largest absolute Gasteiger partial charge is 0.454 e. The van der Waals surface area contributed by atoms with Crippen molar-refractivity contribution < 1.29 is 18.4 Å². The average Bonchev–Trinajstić information content (AvgIpc) is 3.51. The summed E-state index contributed by atoms with van der Waals surface area (Å²) in [5.74, 6) is 0.608. The number of rotatable bonds is 5. The summed E-state index contributed by atoms with van der Waals surface area (Å²) >= 11 is 0. The van der Waals surface area contributed by atoms with Crippen LogP contribution >= 0.6 is 0 Å². The van der Waals surface area contributed by atoms with Crippen LogP contribution in [0.5, 0.6) is 11.5 Å². The molecule has 36 heavy (non-hydrogen) atoms. The molecule has 182 valence electrons. The molecule has 0 aliphatic rings. The first-order valence-corrected chi connectivity index (χ1v) is 11.0. The predicted molar refractivity (Wildman–Crippen MR) is 131 cm³/mol. The lowest BCUT2D eigenvalue weighted by atomic mass is 9.93. The van der Waals surface area contributed by atoms with Crippen LogP contribution in [-0.4, -0.2) is 31.4 Å². The molecule has 3 aromatic heterocycles. The summed E-state index contributed by atoms with van der Waals surface area (Å²) in [7, 11) is 0. The minimum atomic E-state index is -0.657. The van der Waals surface area contributed by atoms with Crippen LogP contribution in [0.4, 0.5) is 20.7 Å². The summed E-state index contributed by atoms with van der Waals surface area (Å²) in [6.45, 7) is 5.90. The van der Waals surface area contributed by atoms with Gasteiger partial charge in [-0.3, -0.25) is 10.4 Å². The number of carbonyl (C=O) groups is 1. The Kier molecular flexibility index (Phi) is 5.80. The molecule has 10 nitrogen and oxygen atoms in total. The highest BCUT2D eigenvalue weighted by atomic mass is 19.1. The number of H-pyrrole nitrogens is 1. The monoisotopic (exact) mass is 487 g/mol. The van der Waals surface area contributed by atoms with Crippen molar-refractivity contribution in [2.75, 3.05) is 10.6 Å². The van der Waals surface area contributed by atoms with Gasteiger partial charge in [-0.05, 0) is 24.3 Å². The fourth-order valence-corrected chi connectivity index (χ4v) is 3.48. The van der Waals surface area contributed by atoms with Crippen LogP contribution < -0.4 is 15.4 Å². The van der Waals surface area contributed by atoms with Gasteiger partial charge in [0.25, 0.3) is 0 Å². The minimum Gasteiger partial charge on any atom is -0.454 e. The molecule has 0 bridgehead atoms. The molecule has 0 aliphatic heterocycles. The Hall–Kier alpha value is -4.80. The number of ether oxygens (including phenoxy) is 1. The highest BCUT2D eigenvalue weighted by molar-refractivity contribution is 5.99. The Bertz CT molecular complexity index is 1550. The molecule has 0 saturated heterocycles. The van der Waals surface area contributed by atoms with Crippen LogP contribution in [0.2, 0.25) is 0 Å². The van der Waals surface area contributed by atoms with E-state index < -0.39 is 11.8 Å². The van der Waals surface area contributed by atoms with Gasteiger partial charge in [0.05, 0.1) is 17.3 Å². The zero-order chi connectivity index (χ0) is 25.3. The molecular weight excluding hydrogens is 465 g/mol. The fraction of sp³-hybridized carbons (Fsp3) is 0.160. The van der Waals surface area contributed by atoms with Crippen molar-refractivity contribution >= 4 is 28.6 Å². The van der Waals surface area contributed by atoms with E-state index in [9.17, 15) is 9.18 Å². The first-order valence-electron chi connectivity index (χ1n) is 11.0. The molecule has 3 N–H and O–H groups in total. The molecule has 0 atom stereocenters. The number of nitrogens with one attached hydrogen (secondary N) is 3. The molecular formula is C25H22FN7O3.